The maximum atomic E-state index is 12.7. The van der Waals surface area contributed by atoms with Crippen molar-refractivity contribution < 1.29 is 4.79 Å². The molecule has 1 aromatic heterocycles. The second-order valence-electron chi connectivity index (χ2n) is 5.86. The van der Waals surface area contributed by atoms with E-state index in [2.05, 4.69) is 21.8 Å². The molecule has 0 radical (unpaired) electrons. The predicted molar refractivity (Wildman–Crippen MR) is 102 cm³/mol. The van der Waals surface area contributed by atoms with Crippen LogP contribution in [0.25, 0.3) is 0 Å². The van der Waals surface area contributed by atoms with Crippen LogP contribution in [0.4, 0.5) is 11.4 Å². The molecule has 2 aromatic rings. The Bertz CT molecular complexity index is 757. The van der Waals surface area contributed by atoms with Crippen molar-refractivity contribution in [2.24, 2.45) is 0 Å². The number of hydrogen-bond donors (Lipinski definition) is 1. The summed E-state index contributed by atoms with van der Waals surface area (Å²) in [5.74, 6) is -0.0343. The van der Waals surface area contributed by atoms with E-state index < -0.39 is 0 Å². The third-order valence-electron chi connectivity index (χ3n) is 4.17. The number of nitrogens with zero attached hydrogens (tertiary/aromatic N) is 3. The molecule has 130 valence electrons. The SMILES string of the molecule is C=CCNc1ccnc(C(=O)N2CCN(c3cccc(Cl)c3)CC2)c1. The molecule has 25 heavy (non-hydrogen) atoms. The highest BCUT2D eigenvalue weighted by Gasteiger charge is 2.23. The molecular formula is C19H21ClN4O. The molecule has 0 spiro atoms. The first kappa shape index (κ1) is 17.3. The molecule has 1 aliphatic heterocycles. The van der Waals surface area contributed by atoms with Crippen molar-refractivity contribution in [2.45, 2.75) is 0 Å². The van der Waals surface area contributed by atoms with Crippen LogP contribution in [0.1, 0.15) is 10.5 Å². The van der Waals surface area contributed by atoms with Gasteiger partial charge in [0, 0.05) is 55.3 Å². The van der Waals surface area contributed by atoms with Crippen molar-refractivity contribution in [1.29, 1.82) is 0 Å². The maximum absolute atomic E-state index is 12.7. The molecule has 1 aliphatic rings. The zero-order valence-electron chi connectivity index (χ0n) is 14.0. The van der Waals surface area contributed by atoms with E-state index >= 15 is 0 Å². The van der Waals surface area contributed by atoms with Gasteiger partial charge in [-0.05, 0) is 30.3 Å². The Morgan fingerprint density at radius 1 is 1.24 bits per heavy atom. The van der Waals surface area contributed by atoms with Crippen LogP contribution in [-0.2, 0) is 0 Å². The van der Waals surface area contributed by atoms with E-state index in [9.17, 15) is 4.79 Å². The van der Waals surface area contributed by atoms with E-state index in [0.717, 1.165) is 29.5 Å². The molecule has 1 aromatic carbocycles. The molecule has 3 rings (SSSR count). The number of benzene rings is 1. The third-order valence-corrected chi connectivity index (χ3v) is 4.40. The second-order valence-corrected chi connectivity index (χ2v) is 6.29. The highest BCUT2D eigenvalue weighted by molar-refractivity contribution is 6.30. The number of carbonyl (C=O) groups is 1. The molecule has 0 saturated carbocycles. The van der Waals surface area contributed by atoms with Gasteiger partial charge in [0.15, 0.2) is 0 Å². The van der Waals surface area contributed by atoms with Gasteiger partial charge in [0.2, 0.25) is 0 Å². The lowest BCUT2D eigenvalue weighted by molar-refractivity contribution is 0.0741. The molecule has 0 atom stereocenters. The third kappa shape index (κ3) is 4.31. The van der Waals surface area contributed by atoms with E-state index in [1.165, 1.54) is 0 Å². The fourth-order valence-corrected chi connectivity index (χ4v) is 3.03. The van der Waals surface area contributed by atoms with Gasteiger partial charge < -0.3 is 15.1 Å². The first-order chi connectivity index (χ1) is 12.2. The van der Waals surface area contributed by atoms with E-state index in [4.69, 9.17) is 11.6 Å². The summed E-state index contributed by atoms with van der Waals surface area (Å²) in [7, 11) is 0. The minimum Gasteiger partial charge on any atom is -0.381 e. The van der Waals surface area contributed by atoms with Crippen LogP contribution in [0.2, 0.25) is 5.02 Å². The molecule has 1 saturated heterocycles. The summed E-state index contributed by atoms with van der Waals surface area (Å²) < 4.78 is 0. The Morgan fingerprint density at radius 3 is 2.76 bits per heavy atom. The lowest BCUT2D eigenvalue weighted by Gasteiger charge is -2.36. The molecule has 0 aliphatic carbocycles. The van der Waals surface area contributed by atoms with Crippen LogP contribution in [-0.4, -0.2) is 48.5 Å². The summed E-state index contributed by atoms with van der Waals surface area (Å²) in [6.45, 7) is 7.21. The van der Waals surface area contributed by atoms with Gasteiger partial charge in [-0.15, -0.1) is 6.58 Å². The molecule has 1 fully saturated rings. The minimum atomic E-state index is -0.0343. The van der Waals surface area contributed by atoms with Crippen LogP contribution >= 0.6 is 11.6 Å². The van der Waals surface area contributed by atoms with Crippen molar-refractivity contribution in [3.8, 4) is 0 Å². The zero-order chi connectivity index (χ0) is 17.6. The maximum Gasteiger partial charge on any atom is 0.272 e. The quantitative estimate of drug-likeness (QED) is 0.835. The fraction of sp³-hybridized carbons (Fsp3) is 0.263. The van der Waals surface area contributed by atoms with Gasteiger partial charge >= 0.3 is 0 Å². The number of hydrogen-bond acceptors (Lipinski definition) is 4. The number of aromatic nitrogens is 1. The summed E-state index contributed by atoms with van der Waals surface area (Å²) in [4.78, 5) is 21.0. The first-order valence-electron chi connectivity index (χ1n) is 8.28. The largest absolute Gasteiger partial charge is 0.381 e. The van der Waals surface area contributed by atoms with Gasteiger partial charge in [-0.2, -0.15) is 0 Å². The van der Waals surface area contributed by atoms with Gasteiger partial charge in [-0.3, -0.25) is 9.78 Å². The Hall–Kier alpha value is -2.53. The second kappa shape index (κ2) is 8.03. The number of pyridine rings is 1. The van der Waals surface area contributed by atoms with Gasteiger partial charge in [-0.1, -0.05) is 23.7 Å². The van der Waals surface area contributed by atoms with Crippen molar-refractivity contribution in [2.75, 3.05) is 42.9 Å². The van der Waals surface area contributed by atoms with Crippen LogP contribution in [0.5, 0.6) is 0 Å². The van der Waals surface area contributed by atoms with Crippen LogP contribution in [0.15, 0.2) is 55.3 Å². The average Bonchev–Trinajstić information content (AvgIpc) is 2.66. The molecule has 0 unspecified atom stereocenters. The summed E-state index contributed by atoms with van der Waals surface area (Å²) in [5, 5.41) is 3.90. The molecule has 1 amide bonds. The topological polar surface area (TPSA) is 48.5 Å². The normalized spacial score (nSPS) is 14.3. The minimum absolute atomic E-state index is 0.0343. The summed E-state index contributed by atoms with van der Waals surface area (Å²) >= 11 is 6.06. The molecule has 2 heterocycles. The van der Waals surface area contributed by atoms with Crippen molar-refractivity contribution in [3.05, 3.63) is 66.0 Å². The summed E-state index contributed by atoms with van der Waals surface area (Å²) in [5.41, 5.74) is 2.43. The predicted octanol–water partition coefficient (Wildman–Crippen LogP) is 3.30. The van der Waals surface area contributed by atoms with E-state index in [0.29, 0.717) is 25.3 Å². The summed E-state index contributed by atoms with van der Waals surface area (Å²) in [6.07, 6.45) is 3.43. The molecule has 1 N–H and O–H groups in total. The van der Waals surface area contributed by atoms with Gasteiger partial charge in [0.1, 0.15) is 5.69 Å². The highest BCUT2D eigenvalue weighted by Crippen LogP contribution is 2.21. The van der Waals surface area contributed by atoms with Crippen LogP contribution in [0, 0.1) is 0 Å². The van der Waals surface area contributed by atoms with Gasteiger partial charge in [-0.25, -0.2) is 0 Å². The lowest BCUT2D eigenvalue weighted by Crippen LogP contribution is -2.49. The van der Waals surface area contributed by atoms with Crippen LogP contribution in [0.3, 0.4) is 0 Å². The Morgan fingerprint density at radius 2 is 2.04 bits per heavy atom. The van der Waals surface area contributed by atoms with Crippen molar-refractivity contribution in [1.82, 2.24) is 9.88 Å². The number of rotatable bonds is 5. The lowest BCUT2D eigenvalue weighted by atomic mass is 10.2. The summed E-state index contributed by atoms with van der Waals surface area (Å²) in [6, 6.07) is 11.4. The van der Waals surface area contributed by atoms with Crippen LogP contribution < -0.4 is 10.2 Å². The van der Waals surface area contributed by atoms with E-state index in [1.807, 2.05) is 35.2 Å². The number of anilines is 2. The van der Waals surface area contributed by atoms with E-state index in [1.54, 1.807) is 18.3 Å². The number of nitrogens with one attached hydrogen (secondary N) is 1. The zero-order valence-corrected chi connectivity index (χ0v) is 14.7. The molecule has 5 nitrogen and oxygen atoms in total. The molecule has 6 heteroatoms. The Kier molecular flexibility index (Phi) is 5.56. The standard InChI is InChI=1S/C19H21ClN4O/c1-2-7-21-16-6-8-22-18(14-16)19(25)24-11-9-23(10-12-24)17-5-3-4-15(20)13-17/h2-6,8,13-14H,1,7,9-12H2,(H,21,22). The number of carbonyl (C=O) groups excluding carboxylic acids is 1. The number of piperazine rings is 1. The van der Waals surface area contributed by atoms with Gasteiger partial charge in [0.05, 0.1) is 0 Å². The molecule has 0 bridgehead atoms. The van der Waals surface area contributed by atoms with Gasteiger partial charge in [0.25, 0.3) is 5.91 Å². The van der Waals surface area contributed by atoms with Crippen molar-refractivity contribution >= 4 is 28.9 Å². The number of amides is 1. The Balaban J connectivity index is 1.62. The van der Waals surface area contributed by atoms with Crippen molar-refractivity contribution in [3.63, 3.8) is 0 Å². The monoisotopic (exact) mass is 356 g/mol. The number of halogens is 1. The smallest absolute Gasteiger partial charge is 0.272 e. The molecular weight excluding hydrogens is 336 g/mol. The highest BCUT2D eigenvalue weighted by atomic mass is 35.5. The first-order valence-corrected chi connectivity index (χ1v) is 8.66. The Labute approximate surface area is 152 Å². The average molecular weight is 357 g/mol. The fourth-order valence-electron chi connectivity index (χ4n) is 2.85. The van der Waals surface area contributed by atoms with E-state index in [-0.39, 0.29) is 5.91 Å².